The van der Waals surface area contributed by atoms with Gasteiger partial charge in [0.25, 0.3) is 0 Å². The lowest BCUT2D eigenvalue weighted by atomic mass is 9.99. The van der Waals surface area contributed by atoms with E-state index in [4.69, 9.17) is 4.74 Å². The summed E-state index contributed by atoms with van der Waals surface area (Å²) in [6.07, 6.45) is 0.742. The predicted octanol–water partition coefficient (Wildman–Crippen LogP) is 1.75. The molecule has 0 amide bonds. The number of rotatable bonds is 2. The number of halogens is 1. The number of fused-ring (bicyclic) bond motifs is 1. The highest BCUT2D eigenvalue weighted by atomic mass is 79.9. The van der Waals surface area contributed by atoms with Crippen molar-refractivity contribution in [3.05, 3.63) is 33.8 Å². The van der Waals surface area contributed by atoms with Crippen molar-refractivity contribution < 1.29 is 9.53 Å². The van der Waals surface area contributed by atoms with E-state index < -0.39 is 0 Å². The highest BCUT2D eigenvalue weighted by Gasteiger charge is 2.25. The Morgan fingerprint density at radius 2 is 2.40 bits per heavy atom. The number of carbonyl (C=O) groups excluding carboxylic acids is 1. The molecule has 1 atom stereocenters. The molecule has 4 heteroatoms. The molecule has 1 aliphatic heterocycles. The Hall–Kier alpha value is -0.870. The Morgan fingerprint density at radius 3 is 3.13 bits per heavy atom. The van der Waals surface area contributed by atoms with Crippen molar-refractivity contribution in [3.63, 3.8) is 0 Å². The number of nitrogens with one attached hydrogen (secondary N) is 1. The highest BCUT2D eigenvalue weighted by molar-refractivity contribution is 9.10. The van der Waals surface area contributed by atoms with Crippen LogP contribution in [0.25, 0.3) is 0 Å². The first kappa shape index (κ1) is 10.6. The lowest BCUT2D eigenvalue weighted by Gasteiger charge is -2.24. The van der Waals surface area contributed by atoms with Gasteiger partial charge in [0.2, 0.25) is 0 Å². The summed E-state index contributed by atoms with van der Waals surface area (Å²) in [6.45, 7) is 0.696. The van der Waals surface area contributed by atoms with Gasteiger partial charge in [-0.3, -0.25) is 0 Å². The molecule has 1 unspecified atom stereocenters. The molecule has 1 aromatic rings. The van der Waals surface area contributed by atoms with Gasteiger partial charge in [0.05, 0.1) is 5.56 Å². The summed E-state index contributed by atoms with van der Waals surface area (Å²) in [5.41, 5.74) is 1.74. The second-order valence-electron chi connectivity index (χ2n) is 3.59. The molecule has 0 spiro atoms. The second-order valence-corrected chi connectivity index (χ2v) is 4.51. The minimum Gasteiger partial charge on any atom is -0.457 e. The van der Waals surface area contributed by atoms with E-state index >= 15 is 0 Å². The molecule has 1 heterocycles. The van der Waals surface area contributed by atoms with Crippen LogP contribution in [0.4, 0.5) is 0 Å². The third kappa shape index (κ3) is 2.21. The molecule has 15 heavy (non-hydrogen) atoms. The van der Waals surface area contributed by atoms with Gasteiger partial charge in [-0.05, 0) is 24.7 Å². The maximum Gasteiger partial charge on any atom is 0.338 e. The molecule has 1 N–H and O–H groups in total. The molecule has 0 bridgehead atoms. The van der Waals surface area contributed by atoms with Crippen molar-refractivity contribution in [2.45, 2.75) is 12.5 Å². The summed E-state index contributed by atoms with van der Waals surface area (Å²) in [7, 11) is 1.85. The Kier molecular flexibility index (Phi) is 3.07. The van der Waals surface area contributed by atoms with E-state index in [0.717, 1.165) is 16.5 Å². The largest absolute Gasteiger partial charge is 0.457 e. The fourth-order valence-electron chi connectivity index (χ4n) is 1.76. The molecule has 0 radical (unpaired) electrons. The van der Waals surface area contributed by atoms with Crippen LogP contribution < -0.4 is 5.32 Å². The molecule has 0 fully saturated rings. The van der Waals surface area contributed by atoms with Gasteiger partial charge in [-0.2, -0.15) is 0 Å². The zero-order valence-electron chi connectivity index (χ0n) is 8.42. The van der Waals surface area contributed by atoms with E-state index in [0.29, 0.717) is 12.1 Å². The molecular weight excluding hydrogens is 258 g/mol. The minimum atomic E-state index is -0.224. The van der Waals surface area contributed by atoms with Gasteiger partial charge in [-0.25, -0.2) is 4.79 Å². The van der Waals surface area contributed by atoms with Crippen molar-refractivity contribution in [2.75, 3.05) is 13.6 Å². The van der Waals surface area contributed by atoms with Crippen LogP contribution in [0.15, 0.2) is 22.7 Å². The topological polar surface area (TPSA) is 38.3 Å². The fourth-order valence-corrected chi connectivity index (χ4v) is 2.12. The third-order valence-electron chi connectivity index (χ3n) is 2.44. The molecule has 80 valence electrons. The minimum absolute atomic E-state index is 0.0452. The number of esters is 1. The standard InChI is InChI=1S/C11H12BrNO2/c1-13-6-9-4-7-2-3-8(12)5-10(7)11(14)15-9/h2-3,5,9,13H,4,6H2,1H3. The zero-order chi connectivity index (χ0) is 10.8. The molecule has 3 nitrogen and oxygen atoms in total. The van der Waals surface area contributed by atoms with E-state index in [1.807, 2.05) is 25.2 Å². The monoisotopic (exact) mass is 269 g/mol. The molecule has 2 rings (SSSR count). The van der Waals surface area contributed by atoms with Gasteiger partial charge >= 0.3 is 5.97 Å². The summed E-state index contributed by atoms with van der Waals surface area (Å²) in [5.74, 6) is -0.224. The first-order chi connectivity index (χ1) is 7.20. The van der Waals surface area contributed by atoms with Gasteiger partial charge in [-0.15, -0.1) is 0 Å². The number of likely N-dealkylation sites (N-methyl/N-ethyl adjacent to an activating group) is 1. The van der Waals surface area contributed by atoms with Crippen LogP contribution in [0, 0.1) is 0 Å². The first-order valence-electron chi connectivity index (χ1n) is 4.84. The molecule has 1 aromatic carbocycles. The maximum absolute atomic E-state index is 11.7. The lowest BCUT2D eigenvalue weighted by Crippen LogP contribution is -2.35. The number of hydrogen-bond donors (Lipinski definition) is 1. The number of cyclic esters (lactones) is 1. The quantitative estimate of drug-likeness (QED) is 0.832. The summed E-state index contributed by atoms with van der Waals surface area (Å²) in [6, 6.07) is 5.74. The van der Waals surface area contributed by atoms with Crippen molar-refractivity contribution in [1.29, 1.82) is 0 Å². The maximum atomic E-state index is 11.7. The predicted molar refractivity (Wildman–Crippen MR) is 61.0 cm³/mol. The van der Waals surface area contributed by atoms with Crippen molar-refractivity contribution in [3.8, 4) is 0 Å². The number of benzene rings is 1. The second kappa shape index (κ2) is 4.33. The van der Waals surface area contributed by atoms with Crippen LogP contribution in [-0.2, 0) is 11.2 Å². The van der Waals surface area contributed by atoms with Crippen molar-refractivity contribution in [1.82, 2.24) is 5.32 Å². The zero-order valence-corrected chi connectivity index (χ0v) is 10.0. The molecule has 0 aliphatic carbocycles. The Labute approximate surface area is 96.9 Å². The number of hydrogen-bond acceptors (Lipinski definition) is 3. The Morgan fingerprint density at radius 1 is 1.60 bits per heavy atom. The van der Waals surface area contributed by atoms with Crippen LogP contribution in [0.5, 0.6) is 0 Å². The summed E-state index contributed by atoms with van der Waals surface area (Å²) >= 11 is 3.34. The lowest BCUT2D eigenvalue weighted by molar-refractivity contribution is 0.0263. The van der Waals surface area contributed by atoms with E-state index in [2.05, 4.69) is 21.2 Å². The molecular formula is C11H12BrNO2. The van der Waals surface area contributed by atoms with Gasteiger partial charge in [0.1, 0.15) is 6.10 Å². The SMILES string of the molecule is CNCC1Cc2ccc(Br)cc2C(=O)O1. The first-order valence-corrected chi connectivity index (χ1v) is 5.64. The van der Waals surface area contributed by atoms with Gasteiger partial charge < -0.3 is 10.1 Å². The normalized spacial score (nSPS) is 19.6. The van der Waals surface area contributed by atoms with E-state index in [-0.39, 0.29) is 12.1 Å². The van der Waals surface area contributed by atoms with Gasteiger partial charge in [-0.1, -0.05) is 22.0 Å². The summed E-state index contributed by atoms with van der Waals surface area (Å²) < 4.78 is 6.19. The van der Waals surface area contributed by atoms with Crippen molar-refractivity contribution >= 4 is 21.9 Å². The van der Waals surface area contributed by atoms with Gasteiger partial charge in [0, 0.05) is 17.4 Å². The van der Waals surface area contributed by atoms with Crippen LogP contribution in [0.2, 0.25) is 0 Å². The van der Waals surface area contributed by atoms with E-state index in [1.165, 1.54) is 0 Å². The molecule has 0 saturated heterocycles. The molecule has 0 saturated carbocycles. The van der Waals surface area contributed by atoms with Crippen LogP contribution in [-0.4, -0.2) is 25.7 Å². The third-order valence-corrected chi connectivity index (χ3v) is 2.94. The molecule has 0 aromatic heterocycles. The van der Waals surface area contributed by atoms with Crippen molar-refractivity contribution in [2.24, 2.45) is 0 Å². The van der Waals surface area contributed by atoms with Crippen LogP contribution >= 0.6 is 15.9 Å². The summed E-state index contributed by atoms with van der Waals surface area (Å²) in [4.78, 5) is 11.7. The fraction of sp³-hybridized carbons (Fsp3) is 0.364. The number of carbonyl (C=O) groups is 1. The Bertz CT molecular complexity index is 392. The highest BCUT2D eigenvalue weighted by Crippen LogP contribution is 2.23. The smallest absolute Gasteiger partial charge is 0.338 e. The van der Waals surface area contributed by atoms with E-state index in [9.17, 15) is 4.79 Å². The van der Waals surface area contributed by atoms with Crippen LogP contribution in [0.1, 0.15) is 15.9 Å². The molecule has 1 aliphatic rings. The van der Waals surface area contributed by atoms with Gasteiger partial charge in [0.15, 0.2) is 0 Å². The Balaban J connectivity index is 2.28. The average molecular weight is 270 g/mol. The van der Waals surface area contributed by atoms with E-state index in [1.54, 1.807) is 0 Å². The summed E-state index contributed by atoms with van der Waals surface area (Å²) in [5, 5.41) is 3.01. The number of ether oxygens (including phenoxy) is 1. The van der Waals surface area contributed by atoms with Crippen LogP contribution in [0.3, 0.4) is 0 Å². The average Bonchev–Trinajstić information content (AvgIpc) is 2.20.